The molecule has 1 aliphatic heterocycles. The second-order valence-corrected chi connectivity index (χ2v) is 5.58. The quantitative estimate of drug-likeness (QED) is 0.888. The predicted octanol–water partition coefficient (Wildman–Crippen LogP) is 1.09. The maximum atomic E-state index is 13.8. The second kappa shape index (κ2) is 5.69. The predicted molar refractivity (Wildman–Crippen MR) is 72.7 cm³/mol. The third kappa shape index (κ3) is 2.65. The maximum Gasteiger partial charge on any atom is 0.248 e. The average Bonchev–Trinajstić information content (AvgIpc) is 2.90. The van der Waals surface area contributed by atoms with Crippen molar-refractivity contribution in [2.45, 2.75) is 18.9 Å². The highest BCUT2D eigenvalue weighted by atomic mass is 19.1. The van der Waals surface area contributed by atoms with Gasteiger partial charge in [-0.15, -0.1) is 0 Å². The van der Waals surface area contributed by atoms with Gasteiger partial charge in [0.25, 0.3) is 0 Å². The number of hydrogen-bond acceptors (Lipinski definition) is 3. The van der Waals surface area contributed by atoms with Crippen LogP contribution in [-0.4, -0.2) is 53.6 Å². The van der Waals surface area contributed by atoms with E-state index in [4.69, 9.17) is 5.11 Å². The monoisotopic (exact) mass is 296 g/mol. The maximum absolute atomic E-state index is 13.8. The van der Waals surface area contributed by atoms with E-state index in [0.717, 1.165) is 18.1 Å². The van der Waals surface area contributed by atoms with Gasteiger partial charge in [0.1, 0.15) is 18.2 Å². The van der Waals surface area contributed by atoms with Gasteiger partial charge < -0.3 is 10.0 Å². The number of hydrogen-bond donors (Lipinski definition) is 1. The SMILES string of the molecule is O=C(CO)N1CCN(C2CCc3c(F)cc(F)cc32)CC1. The second-order valence-electron chi connectivity index (χ2n) is 5.58. The van der Waals surface area contributed by atoms with Crippen molar-refractivity contribution in [2.24, 2.45) is 0 Å². The van der Waals surface area contributed by atoms with E-state index in [0.29, 0.717) is 38.2 Å². The van der Waals surface area contributed by atoms with Crippen LogP contribution in [0.3, 0.4) is 0 Å². The number of aliphatic hydroxyl groups is 1. The lowest BCUT2D eigenvalue weighted by Gasteiger charge is -2.38. The molecule has 4 nitrogen and oxygen atoms in total. The van der Waals surface area contributed by atoms with Crippen LogP contribution in [0.4, 0.5) is 8.78 Å². The average molecular weight is 296 g/mol. The molecule has 1 aliphatic carbocycles. The van der Waals surface area contributed by atoms with Crippen molar-refractivity contribution in [3.63, 3.8) is 0 Å². The highest BCUT2D eigenvalue weighted by molar-refractivity contribution is 5.77. The van der Waals surface area contributed by atoms with E-state index in [1.807, 2.05) is 0 Å². The van der Waals surface area contributed by atoms with Crippen LogP contribution in [-0.2, 0) is 11.2 Å². The molecular weight excluding hydrogens is 278 g/mol. The largest absolute Gasteiger partial charge is 0.387 e. The molecule has 1 fully saturated rings. The molecule has 2 aliphatic rings. The van der Waals surface area contributed by atoms with Crippen molar-refractivity contribution in [1.29, 1.82) is 0 Å². The zero-order chi connectivity index (χ0) is 15.0. The molecule has 0 saturated carbocycles. The highest BCUT2D eigenvalue weighted by Crippen LogP contribution is 2.37. The molecule has 0 radical (unpaired) electrons. The molecule has 1 heterocycles. The van der Waals surface area contributed by atoms with Crippen molar-refractivity contribution in [3.8, 4) is 0 Å². The van der Waals surface area contributed by atoms with Crippen LogP contribution < -0.4 is 0 Å². The number of carbonyl (C=O) groups excluding carboxylic acids is 1. The minimum absolute atomic E-state index is 0.0246. The Morgan fingerprint density at radius 2 is 1.95 bits per heavy atom. The van der Waals surface area contributed by atoms with Crippen molar-refractivity contribution >= 4 is 5.91 Å². The molecule has 21 heavy (non-hydrogen) atoms. The van der Waals surface area contributed by atoms with Gasteiger partial charge >= 0.3 is 0 Å². The van der Waals surface area contributed by atoms with Crippen LogP contribution in [0.1, 0.15) is 23.6 Å². The fraction of sp³-hybridized carbons (Fsp3) is 0.533. The summed E-state index contributed by atoms with van der Waals surface area (Å²) in [5.41, 5.74) is 1.37. The van der Waals surface area contributed by atoms with Gasteiger partial charge in [0.05, 0.1) is 0 Å². The molecule has 1 unspecified atom stereocenters. The Kier molecular flexibility index (Phi) is 3.91. The van der Waals surface area contributed by atoms with Gasteiger partial charge in [0.15, 0.2) is 0 Å². The summed E-state index contributed by atoms with van der Waals surface area (Å²) in [6.07, 6.45) is 1.41. The summed E-state index contributed by atoms with van der Waals surface area (Å²) >= 11 is 0. The van der Waals surface area contributed by atoms with Crippen molar-refractivity contribution in [2.75, 3.05) is 32.8 Å². The van der Waals surface area contributed by atoms with Crippen LogP contribution in [0, 0.1) is 11.6 Å². The third-order valence-corrected chi connectivity index (χ3v) is 4.46. The zero-order valence-corrected chi connectivity index (χ0v) is 11.7. The van der Waals surface area contributed by atoms with Gasteiger partial charge in [-0.3, -0.25) is 9.69 Å². The summed E-state index contributed by atoms with van der Waals surface area (Å²) in [6.45, 7) is 1.94. The number of amides is 1. The molecule has 3 rings (SSSR count). The van der Waals surface area contributed by atoms with Crippen LogP contribution >= 0.6 is 0 Å². The summed E-state index contributed by atoms with van der Waals surface area (Å²) in [6, 6.07) is 2.40. The standard InChI is InChI=1S/C15H18F2N2O2/c16-10-7-12-11(13(17)8-10)1-2-14(12)18-3-5-19(6-4-18)15(21)9-20/h7-8,14,20H,1-6,9H2. The lowest BCUT2D eigenvalue weighted by molar-refractivity contribution is -0.136. The first kappa shape index (κ1) is 14.4. The summed E-state index contributed by atoms with van der Waals surface area (Å²) < 4.78 is 27.2. The molecule has 1 N–H and O–H groups in total. The first-order chi connectivity index (χ1) is 10.1. The Hall–Kier alpha value is -1.53. The Morgan fingerprint density at radius 3 is 2.62 bits per heavy atom. The summed E-state index contributed by atoms with van der Waals surface area (Å²) in [5.74, 6) is -1.26. The molecule has 1 aromatic carbocycles. The molecule has 1 aromatic rings. The van der Waals surface area contributed by atoms with E-state index < -0.39 is 18.2 Å². The first-order valence-electron chi connectivity index (χ1n) is 7.20. The number of piperazine rings is 1. The molecule has 1 amide bonds. The van der Waals surface area contributed by atoms with E-state index in [9.17, 15) is 13.6 Å². The van der Waals surface area contributed by atoms with Crippen molar-refractivity contribution < 1.29 is 18.7 Å². The summed E-state index contributed by atoms with van der Waals surface area (Å²) in [4.78, 5) is 15.2. The van der Waals surface area contributed by atoms with Gasteiger partial charge in [-0.1, -0.05) is 0 Å². The molecule has 114 valence electrons. The number of aliphatic hydroxyl groups excluding tert-OH is 1. The fourth-order valence-corrected chi connectivity index (χ4v) is 3.38. The van der Waals surface area contributed by atoms with E-state index >= 15 is 0 Å². The molecule has 0 spiro atoms. The smallest absolute Gasteiger partial charge is 0.248 e. The van der Waals surface area contributed by atoms with Crippen LogP contribution in [0.5, 0.6) is 0 Å². The van der Waals surface area contributed by atoms with Gasteiger partial charge in [0, 0.05) is 38.3 Å². The van der Waals surface area contributed by atoms with Gasteiger partial charge in [-0.05, 0) is 30.0 Å². The van der Waals surface area contributed by atoms with Gasteiger partial charge in [-0.2, -0.15) is 0 Å². The molecule has 0 aromatic heterocycles. The Bertz CT molecular complexity index is 557. The number of nitrogens with zero attached hydrogens (tertiary/aromatic N) is 2. The lowest BCUT2D eigenvalue weighted by Crippen LogP contribution is -2.50. The first-order valence-corrected chi connectivity index (χ1v) is 7.20. The molecule has 1 atom stereocenters. The number of benzene rings is 1. The number of rotatable bonds is 2. The minimum Gasteiger partial charge on any atom is -0.387 e. The topological polar surface area (TPSA) is 43.8 Å². The Balaban J connectivity index is 1.73. The lowest BCUT2D eigenvalue weighted by atomic mass is 10.1. The van der Waals surface area contributed by atoms with Crippen LogP contribution in [0.15, 0.2) is 12.1 Å². The number of halogens is 2. The molecular formula is C15H18F2N2O2. The highest BCUT2D eigenvalue weighted by Gasteiger charge is 2.33. The summed E-state index contributed by atoms with van der Waals surface area (Å²) in [7, 11) is 0. The molecule has 0 bridgehead atoms. The number of carbonyl (C=O) groups is 1. The van der Waals surface area contributed by atoms with Crippen LogP contribution in [0.2, 0.25) is 0 Å². The van der Waals surface area contributed by atoms with Crippen LogP contribution in [0.25, 0.3) is 0 Å². The number of fused-ring (bicyclic) bond motifs is 1. The zero-order valence-electron chi connectivity index (χ0n) is 11.7. The van der Waals surface area contributed by atoms with E-state index in [1.54, 1.807) is 4.90 Å². The van der Waals surface area contributed by atoms with Crippen molar-refractivity contribution in [3.05, 3.63) is 34.9 Å². The minimum atomic E-state index is -0.535. The van der Waals surface area contributed by atoms with Gasteiger partial charge in [-0.25, -0.2) is 8.78 Å². The Labute approximate surface area is 122 Å². The fourth-order valence-electron chi connectivity index (χ4n) is 3.38. The van der Waals surface area contributed by atoms with Crippen molar-refractivity contribution in [1.82, 2.24) is 9.80 Å². The molecule has 1 saturated heterocycles. The molecule has 6 heteroatoms. The van der Waals surface area contributed by atoms with Gasteiger partial charge in [0.2, 0.25) is 5.91 Å². The van der Waals surface area contributed by atoms with E-state index in [1.165, 1.54) is 6.07 Å². The Morgan fingerprint density at radius 1 is 1.24 bits per heavy atom. The normalized spacial score (nSPS) is 22.4. The summed E-state index contributed by atoms with van der Waals surface area (Å²) in [5, 5.41) is 8.87. The third-order valence-electron chi connectivity index (χ3n) is 4.46. The van der Waals surface area contributed by atoms with E-state index in [2.05, 4.69) is 4.90 Å². The van der Waals surface area contributed by atoms with E-state index in [-0.39, 0.29) is 11.9 Å².